The van der Waals surface area contributed by atoms with Crippen LogP contribution in [0.5, 0.6) is 0 Å². The van der Waals surface area contributed by atoms with E-state index in [4.69, 9.17) is 30.0 Å². The van der Waals surface area contributed by atoms with Crippen LogP contribution in [0.2, 0.25) is 0 Å². The van der Waals surface area contributed by atoms with Crippen molar-refractivity contribution in [2.75, 3.05) is 18.9 Å². The number of nitrogens with zero attached hydrogens (tertiary/aromatic N) is 5. The number of carbonyl (C=O) groups is 1. The summed E-state index contributed by atoms with van der Waals surface area (Å²) in [6.45, 7) is -2.02. The fraction of sp³-hybridized carbons (Fsp3) is 0.524. The molecule has 5 rings (SSSR count). The lowest BCUT2D eigenvalue weighted by Crippen LogP contribution is -2.40. The number of primary amides is 1. The molecule has 0 spiro atoms. The molecule has 0 radical (unpaired) electrons. The maximum Gasteiger partial charge on any atom is 0.481 e. The minimum absolute atomic E-state index is 0.00424. The van der Waals surface area contributed by atoms with Crippen LogP contribution in [0.4, 0.5) is 5.82 Å². The van der Waals surface area contributed by atoms with Gasteiger partial charge in [0, 0.05) is 18.0 Å². The predicted molar refractivity (Wildman–Crippen MR) is 153 cm³/mol. The number of hydrogen-bond donors (Lipinski definition) is 9. The van der Waals surface area contributed by atoms with Gasteiger partial charge in [0.25, 0.3) is 0 Å². The van der Waals surface area contributed by atoms with Crippen LogP contribution in [-0.2, 0) is 45.8 Å². The first-order chi connectivity index (χ1) is 22.4. The van der Waals surface area contributed by atoms with Crippen molar-refractivity contribution < 1.29 is 80.7 Å². The maximum atomic E-state index is 12.6. The van der Waals surface area contributed by atoms with E-state index in [0.29, 0.717) is 0 Å². The van der Waals surface area contributed by atoms with E-state index in [9.17, 15) is 53.4 Å². The van der Waals surface area contributed by atoms with Gasteiger partial charge < -0.3 is 60.7 Å². The van der Waals surface area contributed by atoms with Gasteiger partial charge in [0.15, 0.2) is 23.9 Å². The second-order valence-corrected chi connectivity index (χ2v) is 14.6. The van der Waals surface area contributed by atoms with Crippen molar-refractivity contribution >= 4 is 46.4 Å². The average molecular weight is 745 g/mol. The number of amides is 1. The molecule has 27 heteroatoms. The van der Waals surface area contributed by atoms with Crippen LogP contribution in [0.1, 0.15) is 12.6 Å². The second kappa shape index (κ2) is 13.9. The number of fused-ring (bicyclic) bond motifs is 1. The predicted octanol–water partition coefficient (Wildman–Crippen LogP) is -2.57. The molecule has 0 aliphatic carbocycles. The normalized spacial score (nSPS) is 31.9. The van der Waals surface area contributed by atoms with E-state index in [1.54, 1.807) is 0 Å². The SMILES string of the molecule is NC(=O)C1=CN([C@H]2O[C@@H](COP(=O)(O)OP(=O)(O)OC[C@H]3O[C@@H](n4cnc5c(N)ncnc54)[C@H](OP(=O)(O)O)[C@@H]3O)[C@H](O)[C@@H]2O)C=CC1. The number of anilines is 1. The molecule has 3 aliphatic rings. The summed E-state index contributed by atoms with van der Waals surface area (Å²) < 4.78 is 67.2. The Morgan fingerprint density at radius 1 is 0.938 bits per heavy atom. The summed E-state index contributed by atoms with van der Waals surface area (Å²) >= 11 is 0. The third-order valence-electron chi connectivity index (χ3n) is 7.11. The number of aromatic nitrogens is 4. The van der Waals surface area contributed by atoms with E-state index in [-0.39, 0.29) is 29.0 Å². The highest BCUT2D eigenvalue weighted by molar-refractivity contribution is 7.61. The van der Waals surface area contributed by atoms with E-state index in [2.05, 4.69) is 23.8 Å². The zero-order chi connectivity index (χ0) is 35.2. The van der Waals surface area contributed by atoms with Gasteiger partial charge in [0.1, 0.15) is 48.5 Å². The zero-order valence-electron chi connectivity index (χ0n) is 24.1. The molecule has 2 aromatic rings. The fourth-order valence-electron chi connectivity index (χ4n) is 4.93. The number of phosphoric acid groups is 3. The number of ether oxygens (including phenoxy) is 2. The van der Waals surface area contributed by atoms with Crippen molar-refractivity contribution in [1.29, 1.82) is 0 Å². The Kier molecular flexibility index (Phi) is 10.6. The lowest BCUT2D eigenvalue weighted by Gasteiger charge is -2.28. The maximum absolute atomic E-state index is 12.6. The van der Waals surface area contributed by atoms with E-state index < -0.39 is 91.7 Å². The molecule has 2 fully saturated rings. The third kappa shape index (κ3) is 8.17. The minimum Gasteiger partial charge on any atom is -0.387 e. The van der Waals surface area contributed by atoms with Crippen molar-refractivity contribution in [2.45, 2.75) is 55.5 Å². The second-order valence-electron chi connectivity index (χ2n) is 10.4. The Balaban J connectivity index is 1.20. The first kappa shape index (κ1) is 36.5. The van der Waals surface area contributed by atoms with Gasteiger partial charge in [-0.1, -0.05) is 6.08 Å². The highest BCUT2D eigenvalue weighted by Gasteiger charge is 2.51. The Hall–Kier alpha value is -2.73. The van der Waals surface area contributed by atoms with Crippen LogP contribution in [0, 0.1) is 0 Å². The Morgan fingerprint density at radius 3 is 2.19 bits per heavy atom. The molecule has 2 saturated heterocycles. The van der Waals surface area contributed by atoms with E-state index >= 15 is 0 Å². The van der Waals surface area contributed by atoms with Gasteiger partial charge in [-0.25, -0.2) is 28.6 Å². The molecule has 266 valence electrons. The number of rotatable bonds is 13. The zero-order valence-corrected chi connectivity index (χ0v) is 26.8. The molecule has 10 atom stereocenters. The van der Waals surface area contributed by atoms with Gasteiger partial charge in [-0.15, -0.1) is 0 Å². The first-order valence-electron chi connectivity index (χ1n) is 13.5. The summed E-state index contributed by atoms with van der Waals surface area (Å²) in [6.07, 6.45) is -6.47. The molecule has 0 saturated carbocycles. The highest BCUT2D eigenvalue weighted by Crippen LogP contribution is 2.61. The molecule has 0 aromatic carbocycles. The number of hydrogen-bond acceptors (Lipinski definition) is 18. The van der Waals surface area contributed by atoms with Gasteiger partial charge in [0.05, 0.1) is 19.5 Å². The fourth-order valence-corrected chi connectivity index (χ4v) is 7.57. The summed E-state index contributed by atoms with van der Waals surface area (Å²) in [5, 5.41) is 31.5. The van der Waals surface area contributed by atoms with E-state index in [0.717, 1.165) is 17.2 Å². The van der Waals surface area contributed by atoms with Gasteiger partial charge >= 0.3 is 23.5 Å². The Bertz CT molecular complexity index is 1740. The lowest BCUT2D eigenvalue weighted by atomic mass is 10.1. The van der Waals surface area contributed by atoms with Crippen molar-refractivity contribution in [1.82, 2.24) is 24.4 Å². The topological polar surface area (TPSA) is 364 Å². The van der Waals surface area contributed by atoms with Crippen molar-refractivity contribution in [3.63, 3.8) is 0 Å². The number of allylic oxidation sites excluding steroid dienone is 1. The molecule has 24 nitrogen and oxygen atoms in total. The first-order valence-corrected chi connectivity index (χ1v) is 18.0. The number of nitrogen functional groups attached to an aromatic ring is 1. The van der Waals surface area contributed by atoms with Crippen LogP contribution in [0.15, 0.2) is 36.7 Å². The minimum atomic E-state index is -5.52. The summed E-state index contributed by atoms with van der Waals surface area (Å²) in [4.78, 5) is 63.4. The molecule has 2 unspecified atom stereocenters. The third-order valence-corrected chi connectivity index (χ3v) is 10.2. The number of imidazole rings is 1. The largest absolute Gasteiger partial charge is 0.481 e. The molecule has 11 N–H and O–H groups in total. The summed E-state index contributed by atoms with van der Waals surface area (Å²) in [5.41, 5.74) is 11.3. The van der Waals surface area contributed by atoms with Gasteiger partial charge in [-0.2, -0.15) is 4.31 Å². The molecule has 0 bridgehead atoms. The number of phosphoric ester groups is 3. The van der Waals surface area contributed by atoms with Crippen LogP contribution < -0.4 is 11.5 Å². The van der Waals surface area contributed by atoms with Gasteiger partial charge in [-0.3, -0.25) is 22.9 Å². The highest BCUT2D eigenvalue weighted by atomic mass is 31.3. The van der Waals surface area contributed by atoms with Crippen LogP contribution >= 0.6 is 23.5 Å². The molecule has 48 heavy (non-hydrogen) atoms. The number of nitrogens with two attached hydrogens (primary N) is 2. The van der Waals surface area contributed by atoms with Crippen LogP contribution in [0.3, 0.4) is 0 Å². The summed E-state index contributed by atoms with van der Waals surface area (Å²) in [7, 11) is -16.3. The smallest absolute Gasteiger partial charge is 0.387 e. The summed E-state index contributed by atoms with van der Waals surface area (Å²) in [5.74, 6) is -0.791. The van der Waals surface area contributed by atoms with Crippen LogP contribution in [-0.4, -0.2) is 121 Å². The number of aliphatic hydroxyl groups is 3. The molecular weight excluding hydrogens is 715 g/mol. The molecular formula is C21H30N7O17P3. The number of carbonyl (C=O) groups excluding carboxylic acids is 1. The van der Waals surface area contributed by atoms with Gasteiger partial charge in [0.2, 0.25) is 5.91 Å². The average Bonchev–Trinajstić information content (AvgIpc) is 3.64. The van der Waals surface area contributed by atoms with Crippen LogP contribution in [0.25, 0.3) is 11.2 Å². The Morgan fingerprint density at radius 2 is 1.56 bits per heavy atom. The Labute approximate surface area is 268 Å². The monoisotopic (exact) mass is 745 g/mol. The molecule has 3 aliphatic heterocycles. The van der Waals surface area contributed by atoms with Gasteiger partial charge in [-0.05, 0) is 6.42 Å². The number of aliphatic hydroxyl groups excluding tert-OH is 3. The molecule has 5 heterocycles. The molecule has 1 amide bonds. The molecule has 2 aromatic heterocycles. The van der Waals surface area contributed by atoms with Crippen molar-refractivity contribution in [3.05, 3.63) is 36.7 Å². The van der Waals surface area contributed by atoms with Crippen molar-refractivity contribution in [2.24, 2.45) is 5.73 Å². The van der Waals surface area contributed by atoms with E-state index in [1.165, 1.54) is 23.4 Å². The van der Waals surface area contributed by atoms with E-state index in [1.807, 2.05) is 0 Å². The lowest BCUT2D eigenvalue weighted by molar-refractivity contribution is -0.115. The standard InChI is InChI=1S/C21H30N7O17P3/c22-17-12-19(25-7-24-17)28(8-26-12)21-16(44-46(33,34)35)14(30)11(43-21)6-41-48(38,39)45-47(36,37)40-5-10-13(29)15(31)20(42-10)27-3-1-2-9(4-27)18(23)32/h1,3-4,7-8,10-11,13-16,20-21,29-31H,2,5-6H2,(H2,23,32)(H,36,37)(H,38,39)(H2,22,24,25)(H2,33,34,35)/t10-,11+,13-,14+,15-,16+,20-,21+/m0/s1. The van der Waals surface area contributed by atoms with Crippen molar-refractivity contribution in [3.8, 4) is 0 Å². The quantitative estimate of drug-likeness (QED) is 0.0951. The summed E-state index contributed by atoms with van der Waals surface area (Å²) in [6, 6.07) is 0.